The number of benzene rings is 2. The molecule has 0 saturated heterocycles. The molecule has 10 heteroatoms. The topological polar surface area (TPSA) is 107 Å². The van der Waals surface area contributed by atoms with E-state index in [2.05, 4.69) is 32.2 Å². The summed E-state index contributed by atoms with van der Waals surface area (Å²) in [4.78, 5) is 41.6. The second kappa shape index (κ2) is 9.96. The molecule has 9 nitrogen and oxygen atoms in total. The van der Waals surface area contributed by atoms with Gasteiger partial charge in [0.2, 0.25) is 0 Å². The van der Waals surface area contributed by atoms with Crippen LogP contribution in [-0.4, -0.2) is 35.0 Å². The van der Waals surface area contributed by atoms with Crippen molar-refractivity contribution in [2.24, 2.45) is 0 Å². The maximum absolute atomic E-state index is 14.1. The first-order chi connectivity index (χ1) is 19.0. The number of carbonyl (C=O) groups is 1. The van der Waals surface area contributed by atoms with Gasteiger partial charge in [-0.2, -0.15) is 5.10 Å². The van der Waals surface area contributed by atoms with Crippen LogP contribution >= 0.6 is 11.3 Å². The van der Waals surface area contributed by atoms with Crippen molar-refractivity contribution in [3.05, 3.63) is 117 Å². The third-order valence-corrected chi connectivity index (χ3v) is 6.91. The average Bonchev–Trinajstić information content (AvgIpc) is 3.59. The lowest BCUT2D eigenvalue weighted by molar-refractivity contribution is 0.0938. The maximum atomic E-state index is 14.1. The number of fused-ring (bicyclic) bond motifs is 2. The Morgan fingerprint density at radius 1 is 1.08 bits per heavy atom. The smallest absolute Gasteiger partial charge is 0.267 e. The first-order valence-corrected chi connectivity index (χ1v) is 13.0. The minimum absolute atomic E-state index is 0.273. The van der Waals surface area contributed by atoms with Crippen LogP contribution in [-0.2, 0) is 0 Å². The molecule has 4 heterocycles. The molecule has 2 aromatic carbocycles. The molecule has 0 radical (unpaired) electrons. The van der Waals surface area contributed by atoms with Crippen LogP contribution in [0.4, 0.5) is 0 Å². The van der Waals surface area contributed by atoms with Crippen LogP contribution in [0.3, 0.4) is 0 Å². The summed E-state index contributed by atoms with van der Waals surface area (Å²) in [5, 5.41) is 7.80. The number of hydrogen-bond donors (Lipinski definition) is 1. The van der Waals surface area contributed by atoms with Crippen LogP contribution in [0.5, 0.6) is 0 Å². The van der Waals surface area contributed by atoms with Crippen LogP contribution in [0.1, 0.15) is 45.3 Å². The van der Waals surface area contributed by atoms with E-state index in [9.17, 15) is 9.59 Å². The van der Waals surface area contributed by atoms with E-state index in [4.69, 9.17) is 4.98 Å². The summed E-state index contributed by atoms with van der Waals surface area (Å²) in [6.45, 7) is 3.56. The van der Waals surface area contributed by atoms with Gasteiger partial charge in [0, 0.05) is 18.0 Å². The molecule has 6 rings (SSSR count). The van der Waals surface area contributed by atoms with E-state index in [1.165, 1.54) is 15.9 Å². The third kappa shape index (κ3) is 4.45. The summed E-state index contributed by atoms with van der Waals surface area (Å²) in [5.74, 6) is 6.23. The predicted octanol–water partition coefficient (Wildman–Crippen LogP) is 4.08. The first kappa shape index (κ1) is 24.2. The molecule has 1 unspecified atom stereocenters. The molecule has 6 aromatic rings. The van der Waals surface area contributed by atoms with Gasteiger partial charge in [0.15, 0.2) is 5.65 Å². The quantitative estimate of drug-likeness (QED) is 0.344. The molecule has 1 N–H and O–H groups in total. The van der Waals surface area contributed by atoms with Gasteiger partial charge in [-0.05, 0) is 50.1 Å². The minimum Gasteiger partial charge on any atom is -0.342 e. The van der Waals surface area contributed by atoms with E-state index >= 15 is 0 Å². The van der Waals surface area contributed by atoms with Crippen molar-refractivity contribution in [1.82, 2.24) is 34.4 Å². The molecule has 1 atom stereocenters. The fourth-order valence-corrected chi connectivity index (χ4v) is 4.94. The Morgan fingerprint density at radius 3 is 2.72 bits per heavy atom. The molecule has 0 aliphatic heterocycles. The Balaban J connectivity index is 1.48. The fraction of sp³-hybridized carbons (Fsp3) is 0.103. The highest BCUT2D eigenvalue weighted by Gasteiger charge is 2.24. The Hall–Kier alpha value is -5.14. The zero-order valence-electron chi connectivity index (χ0n) is 21.0. The van der Waals surface area contributed by atoms with Crippen LogP contribution in [0, 0.1) is 18.8 Å². The van der Waals surface area contributed by atoms with E-state index in [-0.39, 0.29) is 11.5 Å². The molecule has 190 valence electrons. The molecule has 0 aliphatic rings. The zero-order valence-corrected chi connectivity index (χ0v) is 21.8. The standard InChI is InChI=1S/C29H21N7O2S/c1-18-24(27-31-14-7-15-35(27)34-18)28(37)32-19(2)26-33-23-11-6-8-20(12-13-22-16-30-17-39-22)25(23)29(38)36(26)21-9-4-3-5-10-21/h3-11,14-17,19H,1-2H3,(H,32,37). The second-order valence-corrected chi connectivity index (χ2v) is 9.69. The summed E-state index contributed by atoms with van der Waals surface area (Å²) < 4.78 is 3.10. The molecule has 0 fully saturated rings. The molecular formula is C29H21N7O2S. The van der Waals surface area contributed by atoms with E-state index in [0.29, 0.717) is 44.9 Å². The number of amides is 1. The van der Waals surface area contributed by atoms with Crippen molar-refractivity contribution in [1.29, 1.82) is 0 Å². The summed E-state index contributed by atoms with van der Waals surface area (Å²) in [6.07, 6.45) is 5.04. The Bertz CT molecular complexity index is 1970. The largest absolute Gasteiger partial charge is 0.342 e. The van der Waals surface area contributed by atoms with Gasteiger partial charge in [-0.15, -0.1) is 11.3 Å². The summed E-state index contributed by atoms with van der Waals surface area (Å²) in [7, 11) is 0. The Labute approximate surface area is 226 Å². The van der Waals surface area contributed by atoms with Gasteiger partial charge in [0.1, 0.15) is 11.4 Å². The van der Waals surface area contributed by atoms with Crippen molar-refractivity contribution >= 4 is 33.8 Å². The summed E-state index contributed by atoms with van der Waals surface area (Å²) in [5.41, 5.74) is 4.51. The van der Waals surface area contributed by atoms with Crippen molar-refractivity contribution < 1.29 is 4.79 Å². The average molecular weight is 532 g/mol. The molecule has 0 bridgehead atoms. The summed E-state index contributed by atoms with van der Waals surface area (Å²) in [6, 6.07) is 15.8. The lowest BCUT2D eigenvalue weighted by Crippen LogP contribution is -2.33. The highest BCUT2D eigenvalue weighted by molar-refractivity contribution is 7.10. The second-order valence-electron chi connectivity index (χ2n) is 8.80. The number of nitrogens with zero attached hydrogens (tertiary/aromatic N) is 6. The van der Waals surface area contributed by atoms with Crippen LogP contribution in [0.25, 0.3) is 22.2 Å². The molecule has 0 saturated carbocycles. The van der Waals surface area contributed by atoms with E-state index in [0.717, 1.165) is 4.88 Å². The third-order valence-electron chi connectivity index (χ3n) is 6.22. The van der Waals surface area contributed by atoms with Crippen LogP contribution in [0.2, 0.25) is 0 Å². The molecule has 0 spiro atoms. The van der Waals surface area contributed by atoms with Gasteiger partial charge in [-0.1, -0.05) is 30.2 Å². The number of thiazole rings is 1. The Kier molecular flexibility index (Phi) is 6.19. The van der Waals surface area contributed by atoms with Gasteiger partial charge in [0.25, 0.3) is 11.5 Å². The van der Waals surface area contributed by atoms with Crippen molar-refractivity contribution in [2.75, 3.05) is 0 Å². The highest BCUT2D eigenvalue weighted by atomic mass is 32.1. The van der Waals surface area contributed by atoms with Crippen molar-refractivity contribution in [2.45, 2.75) is 19.9 Å². The van der Waals surface area contributed by atoms with Crippen molar-refractivity contribution in [3.63, 3.8) is 0 Å². The number of aromatic nitrogens is 6. The number of carbonyl (C=O) groups excluding carboxylic acids is 1. The Morgan fingerprint density at radius 2 is 1.92 bits per heavy atom. The molecule has 0 aliphatic carbocycles. The zero-order chi connectivity index (χ0) is 26.9. The normalized spacial score (nSPS) is 11.7. The number of para-hydroxylation sites is 1. The van der Waals surface area contributed by atoms with Crippen LogP contribution in [0.15, 0.2) is 83.5 Å². The highest BCUT2D eigenvalue weighted by Crippen LogP contribution is 2.21. The van der Waals surface area contributed by atoms with E-state index in [1.807, 2.05) is 36.4 Å². The monoisotopic (exact) mass is 531 g/mol. The maximum Gasteiger partial charge on any atom is 0.267 e. The number of rotatable bonds is 4. The minimum atomic E-state index is -0.625. The van der Waals surface area contributed by atoms with Gasteiger partial charge in [0.05, 0.1) is 44.9 Å². The van der Waals surface area contributed by atoms with Gasteiger partial charge in [-0.3, -0.25) is 19.1 Å². The van der Waals surface area contributed by atoms with Crippen molar-refractivity contribution in [3.8, 4) is 17.5 Å². The van der Waals surface area contributed by atoms with E-state index < -0.39 is 6.04 Å². The molecular weight excluding hydrogens is 510 g/mol. The lowest BCUT2D eigenvalue weighted by atomic mass is 10.1. The first-order valence-electron chi connectivity index (χ1n) is 12.1. The molecule has 4 aromatic heterocycles. The van der Waals surface area contributed by atoms with Crippen LogP contribution < -0.4 is 10.9 Å². The predicted molar refractivity (Wildman–Crippen MR) is 149 cm³/mol. The van der Waals surface area contributed by atoms with Gasteiger partial charge in [-0.25, -0.2) is 14.5 Å². The van der Waals surface area contributed by atoms with Gasteiger partial charge >= 0.3 is 0 Å². The molecule has 39 heavy (non-hydrogen) atoms. The van der Waals surface area contributed by atoms with E-state index in [1.54, 1.807) is 60.7 Å². The van der Waals surface area contributed by atoms with Gasteiger partial charge < -0.3 is 5.32 Å². The lowest BCUT2D eigenvalue weighted by Gasteiger charge is -2.20. The fourth-order valence-electron chi connectivity index (χ4n) is 4.47. The molecule has 1 amide bonds. The number of hydrogen-bond acceptors (Lipinski definition) is 7. The number of aryl methyl sites for hydroxylation is 1. The SMILES string of the molecule is Cc1nn2cccnc2c1C(=O)NC(C)c1nc2cccc(C#Cc3cncs3)c2c(=O)n1-c1ccccc1. The summed E-state index contributed by atoms with van der Waals surface area (Å²) >= 11 is 1.43. The number of nitrogens with one attached hydrogen (secondary N) is 1.